The third kappa shape index (κ3) is 21.4. The molecule has 0 unspecified atom stereocenters. The van der Waals surface area contributed by atoms with E-state index < -0.39 is 16.1 Å². The number of pyridine rings is 2. The Balaban J connectivity index is 0.759. The van der Waals surface area contributed by atoms with Gasteiger partial charge in [-0.2, -0.15) is 13.5 Å². The Hall–Kier alpha value is -7.75. The summed E-state index contributed by atoms with van der Waals surface area (Å²) < 4.78 is 67.5. The number of benzene rings is 4. The van der Waals surface area contributed by atoms with Crippen LogP contribution in [0.2, 0.25) is 0 Å². The molecule has 2 aromatic heterocycles. The quantitative estimate of drug-likeness (QED) is 0.0107. The van der Waals surface area contributed by atoms with E-state index in [4.69, 9.17) is 33.4 Å². The van der Waals surface area contributed by atoms with Crippen LogP contribution in [0, 0.1) is 0 Å². The second-order valence-electron chi connectivity index (χ2n) is 17.3. The summed E-state index contributed by atoms with van der Waals surface area (Å²) in [4.78, 5) is 45.2. The first-order valence-corrected chi connectivity index (χ1v) is 26.9. The Bertz CT molecular complexity index is 2840. The van der Waals surface area contributed by atoms with Crippen molar-refractivity contribution in [3.8, 4) is 39.8 Å². The summed E-state index contributed by atoms with van der Waals surface area (Å²) in [6.07, 6.45) is 6.13. The summed E-state index contributed by atoms with van der Waals surface area (Å²) in [5.41, 5.74) is 7.79. The zero-order chi connectivity index (χ0) is 54.3. The lowest BCUT2D eigenvalue weighted by Crippen LogP contribution is -2.25. The maximum Gasteiger partial charge on any atom is 0.303 e. The van der Waals surface area contributed by atoms with Gasteiger partial charge in [-0.25, -0.2) is 9.97 Å². The van der Waals surface area contributed by atoms with Gasteiger partial charge in [-0.3, -0.25) is 24.4 Å². The number of unbranched alkanes of at least 4 members (excludes halogenated alkanes) is 1. The van der Waals surface area contributed by atoms with Gasteiger partial charge in [-0.05, 0) is 86.1 Å². The molecule has 0 aliphatic carbocycles. The average Bonchev–Trinajstić information content (AvgIpc) is 3.44. The predicted octanol–water partition coefficient (Wildman–Crippen LogP) is 8.29. The second-order valence-corrected chi connectivity index (χ2v) is 18.6. The molecule has 408 valence electrons. The molecule has 0 fully saturated rings. The summed E-state index contributed by atoms with van der Waals surface area (Å²) >= 11 is 0. The van der Waals surface area contributed by atoms with Crippen LogP contribution in [0.15, 0.2) is 144 Å². The number of hydrogen-bond acceptors (Lipinski definition) is 15. The minimum Gasteiger partial charge on any atom is -0.493 e. The van der Waals surface area contributed by atoms with E-state index in [1.807, 2.05) is 66.7 Å². The fourth-order valence-electron chi connectivity index (χ4n) is 7.50. The lowest BCUT2D eigenvalue weighted by molar-refractivity contribution is -0.137. The number of carbonyl (C=O) groups excluding carboxylic acids is 2. The molecule has 5 N–H and O–H groups in total. The molecule has 0 saturated carbocycles. The van der Waals surface area contributed by atoms with Gasteiger partial charge in [-0.15, -0.1) is 0 Å². The van der Waals surface area contributed by atoms with E-state index in [1.165, 1.54) is 30.6 Å². The number of carboxylic acid groups (broad SMARTS) is 1. The Morgan fingerprint density at radius 2 is 1.21 bits per heavy atom. The molecule has 6 rings (SSSR count). The zero-order valence-corrected chi connectivity index (χ0v) is 43.7. The highest BCUT2D eigenvalue weighted by atomic mass is 32.2. The minimum atomic E-state index is -4.41. The Labute approximate surface area is 449 Å². The molecular weight excluding hydrogens is 1010 g/mol. The number of rotatable bonds is 36. The third-order valence-corrected chi connectivity index (χ3v) is 12.3. The standard InChI is InChI=1S/C57H66N6O13S/c64-54(58-28-13-30-71-35-37-73-38-36-72-31-14-29-59-57(67)46-24-26-53(60-41-46)63-61-42-45-19-7-8-22-52(45)77(68,69)70)23-12-34-75-51-21-11-20-50(48(51)25-27-56(65)66)74-32-9-10-33-76-55-40-47(43-15-3-1-4-16-43)39-49(62-55)44-17-5-2-6-18-44/h1-8,11,15-22,24,26,39-42H,9-10,12-14,23,25,27-38H2,(H,58,64)(H,59,67)(H,60,63)(H,65,66)(H,68,69,70)/b61-42+. The number of carboxylic acids is 1. The second kappa shape index (κ2) is 32.6. The van der Waals surface area contributed by atoms with Crippen molar-refractivity contribution in [2.75, 3.05) is 78.0 Å². The van der Waals surface area contributed by atoms with Crippen molar-refractivity contribution in [3.05, 3.63) is 150 Å². The van der Waals surface area contributed by atoms with Crippen molar-refractivity contribution >= 4 is 39.9 Å². The number of nitrogens with zero attached hydrogens (tertiary/aromatic N) is 3. The largest absolute Gasteiger partial charge is 0.493 e. The minimum absolute atomic E-state index is 0.0879. The topological polar surface area (TPSA) is 255 Å². The molecule has 0 aliphatic heterocycles. The van der Waals surface area contributed by atoms with Crippen LogP contribution in [-0.4, -0.2) is 125 Å². The normalized spacial score (nSPS) is 11.3. The van der Waals surface area contributed by atoms with Gasteiger partial charge in [0.1, 0.15) is 22.2 Å². The first-order chi connectivity index (χ1) is 37.5. The molecule has 19 nitrogen and oxygen atoms in total. The highest BCUT2D eigenvalue weighted by molar-refractivity contribution is 7.86. The van der Waals surface area contributed by atoms with Gasteiger partial charge in [0.15, 0.2) is 0 Å². The van der Waals surface area contributed by atoms with Crippen molar-refractivity contribution < 1.29 is 60.9 Å². The number of hydrazone groups is 1. The van der Waals surface area contributed by atoms with Crippen molar-refractivity contribution in [2.24, 2.45) is 5.10 Å². The fourth-order valence-corrected chi connectivity index (χ4v) is 8.17. The Kier molecular flexibility index (Phi) is 24.8. The fraction of sp³-hybridized carbons (Fsp3) is 0.333. The first kappa shape index (κ1) is 58.5. The van der Waals surface area contributed by atoms with E-state index in [0.29, 0.717) is 132 Å². The van der Waals surface area contributed by atoms with Crippen molar-refractivity contribution in [3.63, 3.8) is 0 Å². The van der Waals surface area contributed by atoms with Gasteiger partial charge < -0.3 is 44.2 Å². The van der Waals surface area contributed by atoms with Gasteiger partial charge in [-0.1, -0.05) is 84.9 Å². The van der Waals surface area contributed by atoms with Gasteiger partial charge >= 0.3 is 5.97 Å². The smallest absolute Gasteiger partial charge is 0.303 e. The molecule has 77 heavy (non-hydrogen) atoms. The van der Waals surface area contributed by atoms with Crippen LogP contribution in [0.25, 0.3) is 22.4 Å². The SMILES string of the molecule is O=C(O)CCc1c(OCCCCOc2cc(-c3ccccc3)cc(-c3ccccc3)n2)cccc1OCCCC(=O)NCCCOCCOCCOCCCNC(=O)c1ccc(N/N=C/c2ccccc2S(=O)(=O)O)nc1. The summed E-state index contributed by atoms with van der Waals surface area (Å²) in [6, 6.07) is 38.5. The number of aromatic nitrogens is 2. The molecule has 20 heteroatoms. The predicted molar refractivity (Wildman–Crippen MR) is 291 cm³/mol. The summed E-state index contributed by atoms with van der Waals surface area (Å²) in [5.74, 6) is 0.638. The number of ether oxygens (including phenoxy) is 6. The van der Waals surface area contributed by atoms with Gasteiger partial charge in [0.05, 0.1) is 63.7 Å². The van der Waals surface area contributed by atoms with Crippen LogP contribution >= 0.6 is 0 Å². The van der Waals surface area contributed by atoms with E-state index >= 15 is 0 Å². The average molecular weight is 1080 g/mol. The molecule has 0 radical (unpaired) electrons. The third-order valence-electron chi connectivity index (χ3n) is 11.4. The van der Waals surface area contributed by atoms with E-state index in [2.05, 4.69) is 44.3 Å². The number of aliphatic carboxylic acids is 1. The molecule has 2 amide bonds. The van der Waals surface area contributed by atoms with Gasteiger partial charge in [0, 0.05) is 68.1 Å². The van der Waals surface area contributed by atoms with Crippen molar-refractivity contribution in [1.29, 1.82) is 0 Å². The molecule has 2 heterocycles. The van der Waals surface area contributed by atoms with Crippen molar-refractivity contribution in [2.45, 2.75) is 56.3 Å². The molecule has 6 aromatic rings. The van der Waals surface area contributed by atoms with Crippen LogP contribution in [0.1, 0.15) is 66.4 Å². The molecule has 0 saturated heterocycles. The van der Waals surface area contributed by atoms with E-state index in [0.717, 1.165) is 22.4 Å². The summed E-state index contributed by atoms with van der Waals surface area (Å²) in [6.45, 7) is 4.42. The number of hydrogen-bond donors (Lipinski definition) is 5. The van der Waals surface area contributed by atoms with Crippen LogP contribution in [-0.2, 0) is 40.3 Å². The maximum absolute atomic E-state index is 12.5. The monoisotopic (exact) mass is 1070 g/mol. The van der Waals surface area contributed by atoms with Crippen LogP contribution in [0.3, 0.4) is 0 Å². The van der Waals surface area contributed by atoms with Crippen LogP contribution in [0.5, 0.6) is 17.4 Å². The van der Waals surface area contributed by atoms with E-state index in [1.54, 1.807) is 24.3 Å². The highest BCUT2D eigenvalue weighted by Crippen LogP contribution is 2.31. The van der Waals surface area contributed by atoms with Gasteiger partial charge in [0.25, 0.3) is 16.0 Å². The van der Waals surface area contributed by atoms with E-state index in [-0.39, 0.29) is 48.1 Å². The number of carbonyl (C=O) groups is 3. The molecule has 0 aliphatic rings. The Morgan fingerprint density at radius 1 is 0.597 bits per heavy atom. The number of nitrogens with one attached hydrogen (secondary N) is 3. The molecule has 0 bridgehead atoms. The lowest BCUT2D eigenvalue weighted by Gasteiger charge is -2.16. The van der Waals surface area contributed by atoms with Crippen LogP contribution < -0.4 is 30.3 Å². The highest BCUT2D eigenvalue weighted by Gasteiger charge is 2.16. The van der Waals surface area contributed by atoms with E-state index in [9.17, 15) is 32.5 Å². The zero-order valence-electron chi connectivity index (χ0n) is 42.8. The lowest BCUT2D eigenvalue weighted by atomic mass is 10.0. The Morgan fingerprint density at radius 3 is 1.86 bits per heavy atom. The summed E-state index contributed by atoms with van der Waals surface area (Å²) in [7, 11) is -4.41. The summed E-state index contributed by atoms with van der Waals surface area (Å²) in [5, 5.41) is 19.1. The van der Waals surface area contributed by atoms with Crippen LogP contribution in [0.4, 0.5) is 5.82 Å². The first-order valence-electron chi connectivity index (χ1n) is 25.5. The number of anilines is 1. The maximum atomic E-state index is 12.5. The van der Waals surface area contributed by atoms with Gasteiger partial charge in [0.2, 0.25) is 11.8 Å². The molecular formula is C57H66N6O13S. The molecule has 4 aromatic carbocycles. The van der Waals surface area contributed by atoms with Crippen molar-refractivity contribution in [1.82, 2.24) is 20.6 Å². The molecule has 0 spiro atoms. The number of amides is 2. The molecule has 0 atom stereocenters.